The zero-order chi connectivity index (χ0) is 20.0. The molecule has 2 atom stereocenters. The lowest BCUT2D eigenvalue weighted by Crippen LogP contribution is -2.50. The first-order chi connectivity index (χ1) is 12.9. The van der Waals surface area contributed by atoms with Gasteiger partial charge in [-0.15, -0.1) is 0 Å². The molecule has 2 rings (SSSR count). The zero-order valence-corrected chi connectivity index (χ0v) is 16.2. The maximum absolute atomic E-state index is 12.7. The average Bonchev–Trinajstić information content (AvgIpc) is 3.19. The SMILES string of the molecule is COc1ccc(C(C)NC(=O)C(NC(=O)c2ccco2)C(C)C)cc1OC. The fourth-order valence-corrected chi connectivity index (χ4v) is 2.66. The van der Waals surface area contributed by atoms with E-state index in [1.54, 1.807) is 32.4 Å². The Morgan fingerprint density at radius 3 is 2.26 bits per heavy atom. The summed E-state index contributed by atoms with van der Waals surface area (Å²) < 4.78 is 15.6. The Labute approximate surface area is 159 Å². The van der Waals surface area contributed by atoms with Crippen LogP contribution < -0.4 is 20.1 Å². The van der Waals surface area contributed by atoms with Crippen molar-refractivity contribution in [3.8, 4) is 11.5 Å². The minimum atomic E-state index is -0.690. The van der Waals surface area contributed by atoms with Crippen LogP contribution in [0.5, 0.6) is 11.5 Å². The van der Waals surface area contributed by atoms with Gasteiger partial charge in [0.15, 0.2) is 17.3 Å². The number of ether oxygens (including phenoxy) is 2. The second-order valence-electron chi connectivity index (χ2n) is 6.52. The smallest absolute Gasteiger partial charge is 0.287 e. The van der Waals surface area contributed by atoms with Gasteiger partial charge in [0.05, 0.1) is 26.5 Å². The van der Waals surface area contributed by atoms with Crippen molar-refractivity contribution in [3.63, 3.8) is 0 Å². The molecule has 0 fully saturated rings. The number of hydrogen-bond donors (Lipinski definition) is 2. The maximum atomic E-state index is 12.7. The lowest BCUT2D eigenvalue weighted by molar-refractivity contribution is -0.124. The Bertz CT molecular complexity index is 771. The van der Waals surface area contributed by atoms with Crippen molar-refractivity contribution in [3.05, 3.63) is 47.9 Å². The van der Waals surface area contributed by atoms with E-state index in [1.165, 1.54) is 6.26 Å². The summed E-state index contributed by atoms with van der Waals surface area (Å²) in [5, 5.41) is 5.66. The molecule has 1 aromatic carbocycles. The Kier molecular flexibility index (Phi) is 6.87. The molecule has 1 aromatic heterocycles. The van der Waals surface area contributed by atoms with Gasteiger partial charge in [-0.2, -0.15) is 0 Å². The Balaban J connectivity index is 2.09. The average molecular weight is 374 g/mol. The van der Waals surface area contributed by atoms with Crippen LogP contribution in [0, 0.1) is 5.92 Å². The summed E-state index contributed by atoms with van der Waals surface area (Å²) in [5.74, 6) is 0.580. The number of furan rings is 1. The van der Waals surface area contributed by atoms with Crippen molar-refractivity contribution in [2.45, 2.75) is 32.9 Å². The molecule has 2 N–H and O–H groups in total. The molecule has 146 valence electrons. The number of rotatable bonds is 8. The number of benzene rings is 1. The van der Waals surface area contributed by atoms with Gasteiger partial charge in [-0.1, -0.05) is 19.9 Å². The predicted octanol–water partition coefficient (Wildman–Crippen LogP) is 2.93. The highest BCUT2D eigenvalue weighted by Crippen LogP contribution is 2.29. The summed E-state index contributed by atoms with van der Waals surface area (Å²) in [5.41, 5.74) is 0.862. The van der Waals surface area contributed by atoms with E-state index in [1.807, 2.05) is 32.9 Å². The Morgan fingerprint density at radius 2 is 1.70 bits per heavy atom. The van der Waals surface area contributed by atoms with Crippen LogP contribution in [-0.4, -0.2) is 32.1 Å². The van der Waals surface area contributed by atoms with Crippen LogP contribution in [0.1, 0.15) is 42.9 Å². The lowest BCUT2D eigenvalue weighted by Gasteiger charge is -2.24. The molecule has 2 unspecified atom stereocenters. The Hall–Kier alpha value is -2.96. The molecular weight excluding hydrogens is 348 g/mol. The van der Waals surface area contributed by atoms with E-state index < -0.39 is 11.9 Å². The zero-order valence-electron chi connectivity index (χ0n) is 16.2. The van der Waals surface area contributed by atoms with Gasteiger partial charge in [-0.05, 0) is 42.7 Å². The third-order valence-corrected chi connectivity index (χ3v) is 4.25. The summed E-state index contributed by atoms with van der Waals surface area (Å²) in [6.07, 6.45) is 1.42. The molecule has 0 aliphatic heterocycles. The van der Waals surface area contributed by atoms with Crippen molar-refractivity contribution in [1.29, 1.82) is 0 Å². The van der Waals surface area contributed by atoms with Gasteiger partial charge in [0.2, 0.25) is 5.91 Å². The monoisotopic (exact) mass is 374 g/mol. The molecule has 2 aromatic rings. The van der Waals surface area contributed by atoms with Gasteiger partial charge in [-0.25, -0.2) is 0 Å². The number of hydrogen-bond acceptors (Lipinski definition) is 5. The molecule has 0 spiro atoms. The third kappa shape index (κ3) is 5.03. The summed E-state index contributed by atoms with van der Waals surface area (Å²) in [7, 11) is 3.13. The molecule has 1 heterocycles. The maximum Gasteiger partial charge on any atom is 0.287 e. The fourth-order valence-electron chi connectivity index (χ4n) is 2.66. The van der Waals surface area contributed by atoms with Gasteiger partial charge in [-0.3, -0.25) is 9.59 Å². The quantitative estimate of drug-likeness (QED) is 0.741. The van der Waals surface area contributed by atoms with Crippen LogP contribution in [0.15, 0.2) is 41.0 Å². The minimum Gasteiger partial charge on any atom is -0.493 e. The van der Waals surface area contributed by atoms with Crippen LogP contribution in [-0.2, 0) is 4.79 Å². The van der Waals surface area contributed by atoms with Gasteiger partial charge in [0, 0.05) is 0 Å². The van der Waals surface area contributed by atoms with Crippen molar-refractivity contribution < 1.29 is 23.5 Å². The summed E-state index contributed by atoms with van der Waals surface area (Å²) in [4.78, 5) is 25.0. The van der Waals surface area contributed by atoms with Crippen LogP contribution in [0.2, 0.25) is 0 Å². The molecule has 0 saturated carbocycles. The normalized spacial score (nSPS) is 13.0. The van der Waals surface area contributed by atoms with Crippen molar-refractivity contribution in [2.24, 2.45) is 5.92 Å². The second-order valence-corrected chi connectivity index (χ2v) is 6.52. The van der Waals surface area contributed by atoms with Gasteiger partial charge in [0.25, 0.3) is 5.91 Å². The molecule has 2 amide bonds. The van der Waals surface area contributed by atoms with Crippen LogP contribution in [0.25, 0.3) is 0 Å². The number of amides is 2. The van der Waals surface area contributed by atoms with Crippen molar-refractivity contribution >= 4 is 11.8 Å². The fraction of sp³-hybridized carbons (Fsp3) is 0.400. The Morgan fingerprint density at radius 1 is 1.00 bits per heavy atom. The summed E-state index contributed by atoms with van der Waals surface area (Å²) >= 11 is 0. The van der Waals surface area contributed by atoms with Crippen LogP contribution in [0.3, 0.4) is 0 Å². The van der Waals surface area contributed by atoms with Crippen molar-refractivity contribution in [1.82, 2.24) is 10.6 Å². The minimum absolute atomic E-state index is 0.0958. The van der Waals surface area contributed by atoms with E-state index >= 15 is 0 Å². The summed E-state index contributed by atoms with van der Waals surface area (Å²) in [6, 6.07) is 7.67. The van der Waals surface area contributed by atoms with E-state index in [9.17, 15) is 9.59 Å². The van der Waals surface area contributed by atoms with E-state index in [2.05, 4.69) is 10.6 Å². The molecule has 7 heteroatoms. The highest BCUT2D eigenvalue weighted by atomic mass is 16.5. The molecule has 27 heavy (non-hydrogen) atoms. The number of nitrogens with one attached hydrogen (secondary N) is 2. The second kappa shape index (κ2) is 9.12. The number of carbonyl (C=O) groups is 2. The first-order valence-corrected chi connectivity index (χ1v) is 8.74. The first-order valence-electron chi connectivity index (χ1n) is 8.74. The van der Waals surface area contributed by atoms with E-state index in [0.29, 0.717) is 11.5 Å². The molecule has 0 saturated heterocycles. The van der Waals surface area contributed by atoms with Gasteiger partial charge < -0.3 is 24.5 Å². The standard InChI is InChI=1S/C20H26N2O5/c1-12(2)18(22-19(23)16-7-6-10-27-16)20(24)21-13(3)14-8-9-15(25-4)17(11-14)26-5/h6-13,18H,1-5H3,(H,21,24)(H,22,23). The topological polar surface area (TPSA) is 89.8 Å². The highest BCUT2D eigenvalue weighted by Gasteiger charge is 2.27. The molecule has 0 radical (unpaired) electrons. The molecule has 7 nitrogen and oxygen atoms in total. The molecular formula is C20H26N2O5. The number of carbonyl (C=O) groups excluding carboxylic acids is 2. The van der Waals surface area contributed by atoms with Crippen LogP contribution >= 0.6 is 0 Å². The van der Waals surface area contributed by atoms with E-state index in [4.69, 9.17) is 13.9 Å². The van der Waals surface area contributed by atoms with Gasteiger partial charge >= 0.3 is 0 Å². The molecule has 0 aliphatic rings. The van der Waals surface area contributed by atoms with Crippen LogP contribution in [0.4, 0.5) is 0 Å². The van der Waals surface area contributed by atoms with E-state index in [-0.39, 0.29) is 23.6 Å². The third-order valence-electron chi connectivity index (χ3n) is 4.25. The highest BCUT2D eigenvalue weighted by molar-refractivity contribution is 5.95. The lowest BCUT2D eigenvalue weighted by atomic mass is 10.0. The number of methoxy groups -OCH3 is 2. The predicted molar refractivity (Wildman–Crippen MR) is 101 cm³/mol. The molecule has 0 aliphatic carbocycles. The van der Waals surface area contributed by atoms with Crippen molar-refractivity contribution in [2.75, 3.05) is 14.2 Å². The van der Waals surface area contributed by atoms with Gasteiger partial charge in [0.1, 0.15) is 6.04 Å². The molecule has 0 bridgehead atoms. The first kappa shape index (κ1) is 20.4. The largest absolute Gasteiger partial charge is 0.493 e. The summed E-state index contributed by atoms with van der Waals surface area (Å²) in [6.45, 7) is 5.60. The van der Waals surface area contributed by atoms with E-state index in [0.717, 1.165) is 5.56 Å².